The predicted molar refractivity (Wildman–Crippen MR) is 187 cm³/mol. The normalized spacial score (nSPS) is 19.6. The number of ketones is 1. The highest BCUT2D eigenvalue weighted by atomic mass is 35.5. The highest BCUT2D eigenvalue weighted by molar-refractivity contribution is 6.36. The molecule has 0 spiro atoms. The summed E-state index contributed by atoms with van der Waals surface area (Å²) in [5, 5.41) is 0.850. The number of ether oxygens (including phenoxy) is 2. The number of rotatable bonds is 9. The highest BCUT2D eigenvalue weighted by Crippen LogP contribution is 2.43. The fraction of sp³-hybridized carbons (Fsp3) is 0.342. The second kappa shape index (κ2) is 13.2. The second-order valence-electron chi connectivity index (χ2n) is 13.3. The lowest BCUT2D eigenvalue weighted by Gasteiger charge is -2.36. The molecule has 1 unspecified atom stereocenters. The van der Waals surface area contributed by atoms with Crippen molar-refractivity contribution in [3.05, 3.63) is 112 Å². The third kappa shape index (κ3) is 6.20. The van der Waals surface area contributed by atoms with Crippen LogP contribution in [-0.4, -0.2) is 70.6 Å². The van der Waals surface area contributed by atoms with Crippen molar-refractivity contribution in [3.8, 4) is 11.5 Å². The molecule has 3 aliphatic heterocycles. The Labute approximate surface area is 294 Å². The van der Waals surface area contributed by atoms with Crippen LogP contribution in [0, 0.1) is 5.92 Å². The lowest BCUT2D eigenvalue weighted by Crippen LogP contribution is -2.41. The van der Waals surface area contributed by atoms with Crippen molar-refractivity contribution in [1.29, 1.82) is 0 Å². The number of carbonyl (C=O) groups excluding carboxylic acids is 2. The summed E-state index contributed by atoms with van der Waals surface area (Å²) in [7, 11) is 0. The van der Waals surface area contributed by atoms with Crippen LogP contribution in [0.1, 0.15) is 58.0 Å². The Bertz CT molecular complexity index is 2020. The van der Waals surface area contributed by atoms with Gasteiger partial charge in [-0.05, 0) is 105 Å². The van der Waals surface area contributed by atoms with Crippen LogP contribution in [0.4, 0.5) is 0 Å². The number of nitrogens with zero attached hydrogens (tertiary/aromatic N) is 4. The first-order chi connectivity index (χ1) is 23.9. The van der Waals surface area contributed by atoms with E-state index >= 15 is 0 Å². The van der Waals surface area contributed by atoms with E-state index in [1.807, 2.05) is 51.9 Å². The minimum absolute atomic E-state index is 0.0880. The number of likely N-dealkylation sites (tertiary alicyclic amines) is 2. The molecule has 8 rings (SSSR count). The summed E-state index contributed by atoms with van der Waals surface area (Å²) < 4.78 is 19.0. The van der Waals surface area contributed by atoms with Crippen LogP contribution in [-0.2, 0) is 12.0 Å². The molecule has 2 saturated heterocycles. The molecule has 0 bridgehead atoms. The Hall–Kier alpha value is -4.31. The van der Waals surface area contributed by atoms with Gasteiger partial charge in [-0.1, -0.05) is 41.4 Å². The van der Waals surface area contributed by atoms with Gasteiger partial charge in [0.05, 0.1) is 34.4 Å². The molecule has 252 valence electrons. The topological polar surface area (TPSA) is 90.0 Å². The number of fused-ring (bicyclic) bond motifs is 2. The van der Waals surface area contributed by atoms with Crippen molar-refractivity contribution in [1.82, 2.24) is 19.4 Å². The average Bonchev–Trinajstić information content (AvgIpc) is 3.94. The zero-order valence-electron chi connectivity index (χ0n) is 26.9. The number of aromatic nitrogens is 2. The molecular formula is C38H36Cl2N4O5. The van der Waals surface area contributed by atoms with Crippen molar-refractivity contribution in [2.75, 3.05) is 39.5 Å². The zero-order chi connectivity index (χ0) is 33.5. The second-order valence-corrected chi connectivity index (χ2v) is 14.1. The fourth-order valence-corrected chi connectivity index (χ4v) is 8.13. The summed E-state index contributed by atoms with van der Waals surface area (Å²) in [6, 6.07) is 22.8. The molecule has 1 amide bonds. The van der Waals surface area contributed by atoms with E-state index in [0.717, 1.165) is 79.2 Å². The van der Waals surface area contributed by atoms with Gasteiger partial charge in [0.2, 0.25) is 12.6 Å². The number of halogens is 2. The van der Waals surface area contributed by atoms with Crippen LogP contribution in [0.3, 0.4) is 0 Å². The third-order valence-electron chi connectivity index (χ3n) is 10.4. The van der Waals surface area contributed by atoms with Gasteiger partial charge in [-0.25, -0.2) is 4.98 Å². The molecule has 5 heterocycles. The number of Topliss-reactive ketones (excluding diaryl/α,β-unsaturated/α-hetero) is 1. The Morgan fingerprint density at radius 2 is 1.76 bits per heavy atom. The molecule has 0 radical (unpaired) electrons. The summed E-state index contributed by atoms with van der Waals surface area (Å²) in [6.07, 6.45) is 4.84. The van der Waals surface area contributed by atoms with Crippen LogP contribution in [0.15, 0.2) is 83.5 Å². The largest absolute Gasteiger partial charge is 0.467 e. The van der Waals surface area contributed by atoms with Crippen molar-refractivity contribution in [2.45, 2.75) is 37.6 Å². The van der Waals surface area contributed by atoms with Crippen LogP contribution in [0.2, 0.25) is 10.0 Å². The van der Waals surface area contributed by atoms with E-state index < -0.39 is 0 Å². The average molecular weight is 700 g/mol. The van der Waals surface area contributed by atoms with Gasteiger partial charge in [0.15, 0.2) is 17.3 Å². The SMILES string of the molecule is O=C(c1nc2ccccc2n1Cc1ccco1)C1CCN(CCC2(c3ccc4c(c3)OCO4)CCN(C(=O)c3ccc(Cl)cc3Cl)C2)CC1. The van der Waals surface area contributed by atoms with Gasteiger partial charge in [-0.3, -0.25) is 9.59 Å². The molecule has 9 nitrogen and oxygen atoms in total. The number of para-hydroxylation sites is 2. The summed E-state index contributed by atoms with van der Waals surface area (Å²) in [5.41, 5.74) is 3.05. The van der Waals surface area contributed by atoms with Crippen molar-refractivity contribution in [3.63, 3.8) is 0 Å². The number of hydrogen-bond donors (Lipinski definition) is 0. The maximum Gasteiger partial charge on any atom is 0.255 e. The van der Waals surface area contributed by atoms with Crippen LogP contribution >= 0.6 is 23.2 Å². The van der Waals surface area contributed by atoms with E-state index in [-0.39, 0.29) is 29.8 Å². The minimum atomic E-state index is -0.279. The summed E-state index contributed by atoms with van der Waals surface area (Å²) in [6.45, 7) is 4.31. The Kier molecular flexibility index (Phi) is 8.60. The number of imidazole rings is 1. The summed E-state index contributed by atoms with van der Waals surface area (Å²) >= 11 is 12.6. The number of piperidine rings is 1. The molecular weight excluding hydrogens is 663 g/mol. The standard InChI is InChI=1S/C38H36Cl2N4O5/c39-27-8-9-29(30(40)21-27)37(46)43-18-14-38(23-43,26-7-10-33-34(20-26)49-24-48-33)13-17-42-15-11-25(12-16-42)35(45)36-41-31-5-1-2-6-32(31)44(36)22-28-4-3-19-47-28/h1-10,19-21,25H,11-18,22-24H2. The summed E-state index contributed by atoms with van der Waals surface area (Å²) in [4.78, 5) is 36.8. The van der Waals surface area contributed by atoms with Crippen LogP contribution in [0.5, 0.6) is 11.5 Å². The van der Waals surface area contributed by atoms with E-state index in [0.29, 0.717) is 41.1 Å². The molecule has 0 aliphatic carbocycles. The van der Waals surface area contributed by atoms with E-state index in [9.17, 15) is 9.59 Å². The lowest BCUT2D eigenvalue weighted by atomic mass is 9.76. The van der Waals surface area contributed by atoms with Gasteiger partial charge in [0.25, 0.3) is 5.91 Å². The van der Waals surface area contributed by atoms with Gasteiger partial charge < -0.3 is 28.3 Å². The van der Waals surface area contributed by atoms with Gasteiger partial charge in [0.1, 0.15) is 5.76 Å². The van der Waals surface area contributed by atoms with Gasteiger partial charge >= 0.3 is 0 Å². The van der Waals surface area contributed by atoms with Crippen molar-refractivity contribution in [2.24, 2.45) is 5.92 Å². The molecule has 1 atom stereocenters. The first-order valence-electron chi connectivity index (χ1n) is 16.8. The molecule has 3 aromatic carbocycles. The number of benzene rings is 3. The first-order valence-corrected chi connectivity index (χ1v) is 17.5. The molecule has 3 aliphatic rings. The predicted octanol–water partition coefficient (Wildman–Crippen LogP) is 7.48. The molecule has 5 aromatic rings. The maximum absolute atomic E-state index is 14.0. The van der Waals surface area contributed by atoms with E-state index in [1.165, 1.54) is 0 Å². The van der Waals surface area contributed by atoms with E-state index in [1.54, 1.807) is 24.5 Å². The van der Waals surface area contributed by atoms with Crippen molar-refractivity contribution >= 4 is 45.9 Å². The Balaban J connectivity index is 0.971. The number of furan rings is 1. The number of carbonyl (C=O) groups is 2. The smallest absolute Gasteiger partial charge is 0.255 e. The third-order valence-corrected chi connectivity index (χ3v) is 11.0. The summed E-state index contributed by atoms with van der Waals surface area (Å²) in [5.74, 6) is 2.64. The lowest BCUT2D eigenvalue weighted by molar-refractivity contribution is 0.0779. The molecule has 2 fully saturated rings. The highest BCUT2D eigenvalue weighted by Gasteiger charge is 2.43. The van der Waals surface area contributed by atoms with Crippen LogP contribution < -0.4 is 9.47 Å². The Morgan fingerprint density at radius 3 is 2.57 bits per heavy atom. The number of amides is 1. The van der Waals surface area contributed by atoms with Crippen molar-refractivity contribution < 1.29 is 23.5 Å². The molecule has 2 aromatic heterocycles. The minimum Gasteiger partial charge on any atom is -0.467 e. The molecule has 0 N–H and O–H groups in total. The van der Waals surface area contributed by atoms with E-state index in [4.69, 9.17) is 42.1 Å². The first kappa shape index (κ1) is 31.9. The van der Waals surface area contributed by atoms with E-state index in [2.05, 4.69) is 17.0 Å². The number of hydrogen-bond acceptors (Lipinski definition) is 7. The molecule has 0 saturated carbocycles. The van der Waals surface area contributed by atoms with Gasteiger partial charge in [-0.15, -0.1) is 0 Å². The molecule has 11 heteroatoms. The van der Waals surface area contributed by atoms with Gasteiger partial charge in [-0.2, -0.15) is 0 Å². The Morgan fingerprint density at radius 1 is 0.918 bits per heavy atom. The fourth-order valence-electron chi connectivity index (χ4n) is 7.64. The zero-order valence-corrected chi connectivity index (χ0v) is 28.5. The quantitative estimate of drug-likeness (QED) is 0.147. The van der Waals surface area contributed by atoms with Crippen LogP contribution in [0.25, 0.3) is 11.0 Å². The van der Waals surface area contributed by atoms with Gasteiger partial charge in [0, 0.05) is 29.4 Å². The monoisotopic (exact) mass is 698 g/mol. The molecule has 49 heavy (non-hydrogen) atoms. The maximum atomic E-state index is 14.0.